The van der Waals surface area contributed by atoms with Crippen LogP contribution in [0.5, 0.6) is 5.75 Å². The molecule has 0 saturated heterocycles. The Labute approximate surface area is 267 Å². The first kappa shape index (κ1) is 29.8. The average molecular weight is 671 g/mol. The number of carbonyl (C=O) groups excluding carboxylic acids is 1. The maximum absolute atomic E-state index is 14.3. The first-order chi connectivity index (χ1) is 21.3. The number of aromatic nitrogens is 2. The molecule has 3 aromatic carbocycles. The van der Waals surface area contributed by atoms with Crippen molar-refractivity contribution in [2.24, 2.45) is 4.99 Å². The minimum absolute atomic E-state index is 0.212. The van der Waals surface area contributed by atoms with Crippen molar-refractivity contribution >= 4 is 50.2 Å². The molecule has 0 fully saturated rings. The van der Waals surface area contributed by atoms with Gasteiger partial charge in [0.1, 0.15) is 11.8 Å². The number of hydrogen-bond donors (Lipinski definition) is 0. The number of esters is 1. The summed E-state index contributed by atoms with van der Waals surface area (Å²) in [4.78, 5) is 32.9. The lowest BCUT2D eigenvalue weighted by Gasteiger charge is -2.26. The number of rotatable bonds is 8. The molecule has 0 amide bonds. The summed E-state index contributed by atoms with van der Waals surface area (Å²) in [5.41, 5.74) is 5.66. The summed E-state index contributed by atoms with van der Waals surface area (Å²) in [5, 5.41) is 1.06. The topological polar surface area (TPSA) is 74.8 Å². The molecule has 224 valence electrons. The fourth-order valence-electron chi connectivity index (χ4n) is 5.83. The number of halogens is 1. The number of benzene rings is 3. The van der Waals surface area contributed by atoms with Crippen LogP contribution in [0.2, 0.25) is 0 Å². The number of nitrogens with zero attached hydrogens (tertiary/aromatic N) is 3. The largest absolute Gasteiger partial charge is 0.494 e. The number of fused-ring (bicyclic) bond motifs is 2. The van der Waals surface area contributed by atoms with E-state index in [0.29, 0.717) is 45.1 Å². The average Bonchev–Trinajstić information content (AvgIpc) is 3.46. The molecule has 1 aliphatic rings. The molecule has 6 rings (SSSR count). The number of para-hydroxylation sites is 2. The minimum atomic E-state index is -0.741. The van der Waals surface area contributed by atoms with Crippen LogP contribution in [0, 0.1) is 6.92 Å². The maximum Gasteiger partial charge on any atom is 0.338 e. The maximum atomic E-state index is 14.3. The van der Waals surface area contributed by atoms with Gasteiger partial charge in [-0.05, 0) is 63.6 Å². The number of carbonyl (C=O) groups is 1. The molecule has 0 unspecified atom stereocenters. The van der Waals surface area contributed by atoms with Gasteiger partial charge in [-0.15, -0.1) is 0 Å². The Morgan fingerprint density at radius 2 is 1.73 bits per heavy atom. The zero-order valence-corrected chi connectivity index (χ0v) is 27.4. The molecule has 1 aliphatic heterocycles. The Bertz CT molecular complexity index is 2100. The lowest BCUT2D eigenvalue weighted by Crippen LogP contribution is -2.40. The van der Waals surface area contributed by atoms with Gasteiger partial charge in [0.15, 0.2) is 4.80 Å². The number of allylic oxidation sites excluding steroid dienone is 1. The van der Waals surface area contributed by atoms with E-state index in [2.05, 4.69) is 51.7 Å². The molecule has 0 aliphatic carbocycles. The fourth-order valence-corrected chi connectivity index (χ4v) is 7.12. The molecule has 2 aromatic heterocycles. The van der Waals surface area contributed by atoms with E-state index in [4.69, 9.17) is 14.5 Å². The summed E-state index contributed by atoms with van der Waals surface area (Å²) in [6.07, 6.45) is 1.97. The zero-order valence-electron chi connectivity index (χ0n) is 25.0. The molecule has 0 saturated carbocycles. The smallest absolute Gasteiger partial charge is 0.338 e. The lowest BCUT2D eigenvalue weighted by molar-refractivity contribution is -0.139. The van der Waals surface area contributed by atoms with Crippen molar-refractivity contribution in [1.29, 1.82) is 0 Å². The first-order valence-electron chi connectivity index (χ1n) is 14.6. The summed E-state index contributed by atoms with van der Waals surface area (Å²) in [6.45, 7) is 8.91. The van der Waals surface area contributed by atoms with Crippen molar-refractivity contribution in [3.05, 3.63) is 131 Å². The third kappa shape index (κ3) is 5.35. The highest BCUT2D eigenvalue weighted by molar-refractivity contribution is 9.10. The Balaban J connectivity index is 1.56. The van der Waals surface area contributed by atoms with E-state index in [1.54, 1.807) is 18.4 Å². The Kier molecular flexibility index (Phi) is 8.42. The molecule has 0 N–H and O–H groups in total. The van der Waals surface area contributed by atoms with E-state index in [-0.39, 0.29) is 12.2 Å². The standard InChI is InChI=1S/C35H32BrN3O4S/c1-5-42-29-14-10-8-12-26(29)32-31(34(41)43-6-2)21(3)37-35-39(32)33(40)30(44-35)19-27-22(4)38(28-13-9-7-11-25(27)28)20-23-15-17-24(36)18-16-23/h7-19,32H,5-6,20H2,1-4H3/b30-19-/t32-/m1/s1. The normalized spacial score (nSPS) is 14.9. The van der Waals surface area contributed by atoms with Gasteiger partial charge in [-0.25, -0.2) is 9.79 Å². The van der Waals surface area contributed by atoms with E-state index in [0.717, 1.165) is 26.6 Å². The highest BCUT2D eigenvalue weighted by atomic mass is 79.9. The second-order valence-corrected chi connectivity index (χ2v) is 12.4. The third-order valence-corrected chi connectivity index (χ3v) is 9.35. The van der Waals surface area contributed by atoms with Gasteiger partial charge in [-0.1, -0.05) is 75.8 Å². The van der Waals surface area contributed by atoms with Crippen LogP contribution in [0.3, 0.4) is 0 Å². The van der Waals surface area contributed by atoms with Crippen molar-refractivity contribution in [3.8, 4) is 5.75 Å². The van der Waals surface area contributed by atoms with E-state index in [9.17, 15) is 9.59 Å². The van der Waals surface area contributed by atoms with Crippen molar-refractivity contribution < 1.29 is 14.3 Å². The van der Waals surface area contributed by atoms with Gasteiger partial charge in [-0.2, -0.15) is 0 Å². The molecule has 0 spiro atoms. The van der Waals surface area contributed by atoms with Gasteiger partial charge in [0.2, 0.25) is 0 Å². The van der Waals surface area contributed by atoms with E-state index in [1.807, 2.05) is 61.5 Å². The van der Waals surface area contributed by atoms with Crippen molar-refractivity contribution in [3.63, 3.8) is 0 Å². The quantitative estimate of drug-likeness (QED) is 0.183. The highest BCUT2D eigenvalue weighted by Gasteiger charge is 2.35. The fraction of sp³-hybridized carbons (Fsp3) is 0.229. The molecule has 0 bridgehead atoms. The van der Waals surface area contributed by atoms with Gasteiger partial charge in [0, 0.05) is 38.7 Å². The van der Waals surface area contributed by atoms with Crippen LogP contribution in [0.15, 0.2) is 98.3 Å². The van der Waals surface area contributed by atoms with Crippen LogP contribution in [0.1, 0.15) is 49.2 Å². The lowest BCUT2D eigenvalue weighted by atomic mass is 9.95. The molecule has 9 heteroatoms. The van der Waals surface area contributed by atoms with Crippen molar-refractivity contribution in [2.45, 2.75) is 40.3 Å². The summed E-state index contributed by atoms with van der Waals surface area (Å²) < 4.78 is 16.9. The SMILES string of the molecule is CCOC(=O)C1=C(C)N=c2s/c(=C\c3c(C)n(Cc4ccc(Br)cc4)c4ccccc34)c(=O)n2[C@@H]1c1ccccc1OCC. The van der Waals surface area contributed by atoms with E-state index >= 15 is 0 Å². The number of hydrogen-bond acceptors (Lipinski definition) is 6. The van der Waals surface area contributed by atoms with Crippen LogP contribution in [0.4, 0.5) is 0 Å². The second kappa shape index (κ2) is 12.4. The highest BCUT2D eigenvalue weighted by Crippen LogP contribution is 2.36. The molecule has 5 aromatic rings. The first-order valence-corrected chi connectivity index (χ1v) is 16.2. The van der Waals surface area contributed by atoms with E-state index in [1.165, 1.54) is 16.9 Å². The van der Waals surface area contributed by atoms with Crippen LogP contribution >= 0.6 is 27.3 Å². The van der Waals surface area contributed by atoms with Gasteiger partial charge < -0.3 is 14.0 Å². The Hall–Kier alpha value is -4.21. The molecule has 44 heavy (non-hydrogen) atoms. The van der Waals surface area contributed by atoms with Crippen LogP contribution in [0.25, 0.3) is 17.0 Å². The zero-order chi connectivity index (χ0) is 31.0. The molecule has 1 atom stereocenters. The summed E-state index contributed by atoms with van der Waals surface area (Å²) in [5.74, 6) is 0.115. The van der Waals surface area contributed by atoms with Crippen molar-refractivity contribution in [1.82, 2.24) is 9.13 Å². The van der Waals surface area contributed by atoms with Gasteiger partial charge >= 0.3 is 5.97 Å². The summed E-state index contributed by atoms with van der Waals surface area (Å²) in [6, 6.07) is 23.3. The van der Waals surface area contributed by atoms with Gasteiger partial charge in [0.05, 0.1) is 29.0 Å². The predicted octanol–water partition coefficient (Wildman–Crippen LogP) is 6.27. The number of ether oxygens (including phenoxy) is 2. The Morgan fingerprint density at radius 1 is 1.00 bits per heavy atom. The van der Waals surface area contributed by atoms with Gasteiger partial charge in [-0.3, -0.25) is 9.36 Å². The van der Waals surface area contributed by atoms with Crippen LogP contribution < -0.4 is 19.6 Å². The molecule has 0 radical (unpaired) electrons. The Morgan fingerprint density at radius 3 is 2.48 bits per heavy atom. The van der Waals surface area contributed by atoms with Crippen LogP contribution in [-0.2, 0) is 16.1 Å². The van der Waals surface area contributed by atoms with E-state index < -0.39 is 12.0 Å². The number of thiazole rings is 1. The predicted molar refractivity (Wildman–Crippen MR) is 178 cm³/mol. The molecular weight excluding hydrogens is 638 g/mol. The van der Waals surface area contributed by atoms with Gasteiger partial charge in [0.25, 0.3) is 5.56 Å². The molecule has 7 nitrogen and oxygen atoms in total. The van der Waals surface area contributed by atoms with Crippen LogP contribution in [-0.4, -0.2) is 28.3 Å². The minimum Gasteiger partial charge on any atom is -0.494 e. The second-order valence-electron chi connectivity index (χ2n) is 10.5. The third-order valence-electron chi connectivity index (χ3n) is 7.84. The monoisotopic (exact) mass is 669 g/mol. The molecule has 3 heterocycles. The molecular formula is C35H32BrN3O4S. The summed E-state index contributed by atoms with van der Waals surface area (Å²) in [7, 11) is 0. The van der Waals surface area contributed by atoms with Crippen molar-refractivity contribution in [2.75, 3.05) is 13.2 Å². The summed E-state index contributed by atoms with van der Waals surface area (Å²) >= 11 is 4.85.